The summed E-state index contributed by atoms with van der Waals surface area (Å²) in [5.74, 6) is -0.179. The van der Waals surface area contributed by atoms with Crippen molar-refractivity contribution < 1.29 is 9.90 Å². The average molecular weight is 326 g/mol. The largest absolute Gasteiger partial charge is 0.481 e. The molecule has 7 heteroatoms. The molecule has 3 N–H and O–H groups in total. The second kappa shape index (κ2) is 13.2. The number of carbonyl (C=O) groups is 1. The van der Waals surface area contributed by atoms with Crippen LogP contribution in [-0.2, 0) is 11.3 Å². The zero-order valence-electron chi connectivity index (χ0n) is 11.8. The van der Waals surface area contributed by atoms with E-state index in [1.165, 1.54) is 0 Å². The number of hydrogen-bond acceptors (Lipinski definition) is 3. The highest BCUT2D eigenvalue weighted by atomic mass is 35.5. The number of carboxylic acids is 1. The SMILES string of the molecule is CCCC(CCNCc1cnc[nH]1)CCC(=O)O.Cl.Cl. The normalized spacial score (nSPS) is 11.2. The third-order valence-electron chi connectivity index (χ3n) is 3.06. The maximum Gasteiger partial charge on any atom is 0.303 e. The summed E-state index contributed by atoms with van der Waals surface area (Å²) < 4.78 is 0. The van der Waals surface area contributed by atoms with Crippen molar-refractivity contribution in [1.29, 1.82) is 0 Å². The van der Waals surface area contributed by atoms with Crippen LogP contribution in [0.5, 0.6) is 0 Å². The van der Waals surface area contributed by atoms with Crippen molar-refractivity contribution in [3.05, 3.63) is 18.2 Å². The summed E-state index contributed by atoms with van der Waals surface area (Å²) in [4.78, 5) is 17.6. The first kappa shape index (κ1) is 21.5. The molecule has 0 fully saturated rings. The van der Waals surface area contributed by atoms with E-state index in [2.05, 4.69) is 22.2 Å². The quantitative estimate of drug-likeness (QED) is 0.578. The van der Waals surface area contributed by atoms with Crippen molar-refractivity contribution in [2.75, 3.05) is 6.54 Å². The van der Waals surface area contributed by atoms with Crippen molar-refractivity contribution >= 4 is 30.8 Å². The van der Waals surface area contributed by atoms with Crippen molar-refractivity contribution in [3.63, 3.8) is 0 Å². The molecule has 0 aliphatic rings. The molecule has 1 rings (SSSR count). The fourth-order valence-corrected chi connectivity index (χ4v) is 2.08. The van der Waals surface area contributed by atoms with Gasteiger partial charge in [0.2, 0.25) is 0 Å². The lowest BCUT2D eigenvalue weighted by Gasteiger charge is -2.15. The number of imidazole rings is 1. The van der Waals surface area contributed by atoms with Gasteiger partial charge in [-0.2, -0.15) is 0 Å². The zero-order valence-corrected chi connectivity index (χ0v) is 13.4. The highest BCUT2D eigenvalue weighted by Gasteiger charge is 2.09. The Balaban J connectivity index is 0. The standard InChI is InChI=1S/C13H23N3O2.2ClH/c1-2-3-11(4-5-13(17)18)6-7-14-8-12-9-15-10-16-12;;/h9-11,14H,2-8H2,1H3,(H,15,16)(H,17,18);2*1H. The van der Waals surface area contributed by atoms with Crippen LogP contribution in [-0.4, -0.2) is 27.6 Å². The van der Waals surface area contributed by atoms with Crippen LogP contribution < -0.4 is 5.32 Å². The Labute approximate surface area is 132 Å². The second-order valence-electron chi connectivity index (χ2n) is 4.63. The van der Waals surface area contributed by atoms with Crippen LogP contribution in [0.2, 0.25) is 0 Å². The van der Waals surface area contributed by atoms with Crippen LogP contribution >= 0.6 is 24.8 Å². The van der Waals surface area contributed by atoms with E-state index in [4.69, 9.17) is 5.11 Å². The van der Waals surface area contributed by atoms with Crippen LogP contribution in [0.3, 0.4) is 0 Å². The number of aliphatic carboxylic acids is 1. The third-order valence-corrected chi connectivity index (χ3v) is 3.06. The van der Waals surface area contributed by atoms with Crippen LogP contribution in [0.4, 0.5) is 0 Å². The predicted molar refractivity (Wildman–Crippen MR) is 84.7 cm³/mol. The van der Waals surface area contributed by atoms with Gasteiger partial charge >= 0.3 is 5.97 Å². The molecule has 0 aliphatic carbocycles. The Hall–Kier alpha value is -0.780. The fourth-order valence-electron chi connectivity index (χ4n) is 2.08. The predicted octanol–water partition coefficient (Wildman–Crippen LogP) is 3.01. The molecule has 1 aromatic heterocycles. The molecule has 1 heterocycles. The number of rotatable bonds is 10. The molecule has 0 aliphatic heterocycles. The van der Waals surface area contributed by atoms with Crippen molar-refractivity contribution in [2.24, 2.45) is 5.92 Å². The van der Waals surface area contributed by atoms with Gasteiger partial charge in [-0.25, -0.2) is 4.98 Å². The molecular formula is C13H25Cl2N3O2. The smallest absolute Gasteiger partial charge is 0.303 e. The maximum atomic E-state index is 10.6. The summed E-state index contributed by atoms with van der Waals surface area (Å²) in [6, 6.07) is 0. The van der Waals surface area contributed by atoms with E-state index in [9.17, 15) is 4.79 Å². The van der Waals surface area contributed by atoms with Gasteiger partial charge in [0, 0.05) is 24.9 Å². The van der Waals surface area contributed by atoms with Gasteiger partial charge < -0.3 is 15.4 Å². The summed E-state index contributed by atoms with van der Waals surface area (Å²) in [5.41, 5.74) is 1.08. The average Bonchev–Trinajstić information content (AvgIpc) is 2.84. The van der Waals surface area contributed by atoms with Gasteiger partial charge in [0.05, 0.1) is 6.33 Å². The number of aromatic nitrogens is 2. The molecule has 0 saturated carbocycles. The van der Waals surface area contributed by atoms with Gasteiger partial charge in [0.15, 0.2) is 0 Å². The van der Waals surface area contributed by atoms with Crippen LogP contribution in [0, 0.1) is 5.92 Å². The summed E-state index contributed by atoms with van der Waals surface area (Å²) in [6.45, 7) is 3.85. The molecule has 0 spiro atoms. The molecular weight excluding hydrogens is 301 g/mol. The first-order chi connectivity index (χ1) is 8.72. The topological polar surface area (TPSA) is 78.0 Å². The maximum absolute atomic E-state index is 10.6. The van der Waals surface area contributed by atoms with E-state index >= 15 is 0 Å². The number of aromatic amines is 1. The Morgan fingerprint density at radius 2 is 2.15 bits per heavy atom. The molecule has 0 radical (unpaired) electrons. The third kappa shape index (κ3) is 10.1. The van der Waals surface area contributed by atoms with Crippen molar-refractivity contribution in [3.8, 4) is 0 Å². The van der Waals surface area contributed by atoms with Crippen LogP contribution in [0.25, 0.3) is 0 Å². The molecule has 0 bridgehead atoms. The first-order valence-corrected chi connectivity index (χ1v) is 6.62. The number of nitrogens with one attached hydrogen (secondary N) is 2. The molecule has 118 valence electrons. The summed E-state index contributed by atoms with van der Waals surface area (Å²) in [5, 5.41) is 12.0. The Morgan fingerprint density at radius 3 is 2.70 bits per heavy atom. The Morgan fingerprint density at radius 1 is 1.40 bits per heavy atom. The molecule has 1 atom stereocenters. The van der Waals surface area contributed by atoms with Gasteiger partial charge in [-0.05, 0) is 25.3 Å². The lowest BCUT2D eigenvalue weighted by Crippen LogP contribution is -2.18. The summed E-state index contributed by atoms with van der Waals surface area (Å²) in [7, 11) is 0. The lowest BCUT2D eigenvalue weighted by molar-refractivity contribution is -0.137. The number of hydrogen-bond donors (Lipinski definition) is 3. The number of nitrogens with zero attached hydrogens (tertiary/aromatic N) is 1. The fraction of sp³-hybridized carbons (Fsp3) is 0.692. The number of H-pyrrole nitrogens is 1. The van der Waals surface area contributed by atoms with E-state index in [0.29, 0.717) is 5.92 Å². The monoisotopic (exact) mass is 325 g/mol. The summed E-state index contributed by atoms with van der Waals surface area (Å²) in [6.07, 6.45) is 7.81. The van der Waals surface area contributed by atoms with E-state index in [-0.39, 0.29) is 31.2 Å². The van der Waals surface area contributed by atoms with E-state index in [1.54, 1.807) is 12.5 Å². The molecule has 0 saturated heterocycles. The first-order valence-electron chi connectivity index (χ1n) is 6.62. The minimum atomic E-state index is -0.693. The number of carboxylic acid groups (broad SMARTS) is 1. The molecule has 0 amide bonds. The van der Waals surface area contributed by atoms with Gasteiger partial charge in [-0.1, -0.05) is 19.8 Å². The van der Waals surface area contributed by atoms with Gasteiger partial charge in [-0.3, -0.25) is 4.79 Å². The number of halogens is 2. The highest BCUT2D eigenvalue weighted by Crippen LogP contribution is 2.17. The second-order valence-corrected chi connectivity index (χ2v) is 4.63. The molecule has 5 nitrogen and oxygen atoms in total. The van der Waals surface area contributed by atoms with Crippen molar-refractivity contribution in [2.45, 2.75) is 45.6 Å². The minimum Gasteiger partial charge on any atom is -0.481 e. The van der Waals surface area contributed by atoms with E-state index in [0.717, 1.165) is 44.5 Å². The molecule has 1 aromatic rings. The minimum absolute atomic E-state index is 0. The molecule has 0 aromatic carbocycles. The lowest BCUT2D eigenvalue weighted by atomic mass is 9.94. The summed E-state index contributed by atoms with van der Waals surface area (Å²) >= 11 is 0. The van der Waals surface area contributed by atoms with E-state index < -0.39 is 5.97 Å². The van der Waals surface area contributed by atoms with Gasteiger partial charge in [-0.15, -0.1) is 24.8 Å². The Kier molecular flexibility index (Phi) is 14.2. The Bertz CT molecular complexity index is 334. The van der Waals surface area contributed by atoms with E-state index in [1.807, 2.05) is 0 Å². The van der Waals surface area contributed by atoms with Gasteiger partial charge in [0.1, 0.15) is 0 Å². The van der Waals surface area contributed by atoms with Gasteiger partial charge in [0.25, 0.3) is 0 Å². The highest BCUT2D eigenvalue weighted by molar-refractivity contribution is 5.85. The molecule has 20 heavy (non-hydrogen) atoms. The van der Waals surface area contributed by atoms with Crippen molar-refractivity contribution in [1.82, 2.24) is 15.3 Å². The van der Waals surface area contributed by atoms with Crippen LogP contribution in [0.1, 0.15) is 44.7 Å². The zero-order chi connectivity index (χ0) is 13.2. The molecule has 1 unspecified atom stereocenters. The van der Waals surface area contributed by atoms with Crippen LogP contribution in [0.15, 0.2) is 12.5 Å².